The van der Waals surface area contributed by atoms with E-state index in [1.54, 1.807) is 0 Å². The van der Waals surface area contributed by atoms with Crippen LogP contribution >= 0.6 is 35.7 Å². The molecule has 1 unspecified atom stereocenters. The van der Waals surface area contributed by atoms with Gasteiger partial charge in [-0.25, -0.2) is 0 Å². The fourth-order valence-corrected chi connectivity index (χ4v) is 3.78. The number of rotatable bonds is 3. The molecule has 1 aromatic carbocycles. The van der Waals surface area contributed by atoms with Crippen molar-refractivity contribution in [1.29, 1.82) is 0 Å². The van der Waals surface area contributed by atoms with Gasteiger partial charge in [-0.1, -0.05) is 37.3 Å². The summed E-state index contributed by atoms with van der Waals surface area (Å²) in [4.78, 5) is 6.85. The van der Waals surface area contributed by atoms with Gasteiger partial charge < -0.3 is 10.2 Å². The van der Waals surface area contributed by atoms with E-state index in [1.165, 1.54) is 11.3 Å². The van der Waals surface area contributed by atoms with Crippen LogP contribution in [0.25, 0.3) is 0 Å². The molecule has 22 heavy (non-hydrogen) atoms. The van der Waals surface area contributed by atoms with Crippen molar-refractivity contribution in [2.75, 3.05) is 32.4 Å². The number of hydrogen-bond acceptors (Lipinski definition) is 2. The summed E-state index contributed by atoms with van der Waals surface area (Å²) in [5, 5.41) is 3.54. The number of hydrogen-bond donors (Lipinski definition) is 1. The summed E-state index contributed by atoms with van der Waals surface area (Å²) in [7, 11) is 1.88. The molecule has 0 radical (unpaired) electrons. The lowest BCUT2D eigenvalue weighted by atomic mass is 10.0. The van der Waals surface area contributed by atoms with Crippen molar-refractivity contribution in [2.24, 2.45) is 4.99 Å². The summed E-state index contributed by atoms with van der Waals surface area (Å²) in [6.45, 7) is 9.92. The lowest BCUT2D eigenvalue weighted by Crippen LogP contribution is -2.51. The molecule has 1 heterocycles. The van der Waals surface area contributed by atoms with Crippen LogP contribution in [0, 0.1) is 0 Å². The van der Waals surface area contributed by atoms with E-state index in [2.05, 4.69) is 66.3 Å². The van der Waals surface area contributed by atoms with Crippen LogP contribution in [-0.4, -0.2) is 48.0 Å². The van der Waals surface area contributed by atoms with Crippen LogP contribution in [0.15, 0.2) is 35.3 Å². The zero-order valence-corrected chi connectivity index (χ0v) is 17.2. The Morgan fingerprint density at radius 2 is 2.05 bits per heavy atom. The number of benzene rings is 1. The van der Waals surface area contributed by atoms with E-state index in [1.807, 2.05) is 18.8 Å². The molecule has 1 aromatic rings. The summed E-state index contributed by atoms with van der Waals surface area (Å²) in [6, 6.07) is 10.7. The minimum atomic E-state index is 0. The van der Waals surface area contributed by atoms with E-state index < -0.39 is 0 Å². The Hall–Kier alpha value is -0.430. The number of aliphatic imine (C=N–C) groups is 1. The predicted molar refractivity (Wildman–Crippen MR) is 110 cm³/mol. The quantitative estimate of drug-likeness (QED) is 0.446. The largest absolute Gasteiger partial charge is 0.356 e. The van der Waals surface area contributed by atoms with Crippen LogP contribution in [-0.2, 0) is 0 Å². The highest BCUT2D eigenvalue weighted by molar-refractivity contribution is 14.0. The predicted octanol–water partition coefficient (Wildman–Crippen LogP) is 3.81. The fraction of sp³-hybridized carbons (Fsp3) is 0.588. The van der Waals surface area contributed by atoms with Crippen LogP contribution in [0.2, 0.25) is 0 Å². The standard InChI is InChI=1S/C17H27N3S.HI/c1-14(15-8-6-5-7-9-15)12-19-16(18-4)20-10-11-21-17(2,3)13-20;/h5-9,14H,10-13H2,1-4H3,(H,18,19);1H. The molecule has 0 aliphatic carbocycles. The molecule has 1 N–H and O–H groups in total. The number of thioether (sulfide) groups is 1. The topological polar surface area (TPSA) is 27.6 Å². The lowest BCUT2D eigenvalue weighted by Gasteiger charge is -2.39. The zero-order valence-electron chi connectivity index (χ0n) is 14.0. The average Bonchev–Trinajstić information content (AvgIpc) is 2.47. The Balaban J connectivity index is 0.00000242. The van der Waals surface area contributed by atoms with Gasteiger partial charge in [0.25, 0.3) is 0 Å². The van der Waals surface area contributed by atoms with Crippen LogP contribution in [0.4, 0.5) is 0 Å². The normalized spacial score (nSPS) is 19.3. The molecule has 0 spiro atoms. The van der Waals surface area contributed by atoms with Crippen molar-refractivity contribution >= 4 is 41.7 Å². The molecule has 1 saturated heterocycles. The monoisotopic (exact) mass is 433 g/mol. The van der Waals surface area contributed by atoms with E-state index >= 15 is 0 Å². The molecule has 0 amide bonds. The van der Waals surface area contributed by atoms with Crippen molar-refractivity contribution in [3.63, 3.8) is 0 Å². The molecule has 0 aromatic heterocycles. The van der Waals surface area contributed by atoms with Gasteiger partial charge in [0.2, 0.25) is 0 Å². The Morgan fingerprint density at radius 3 is 2.64 bits per heavy atom. The van der Waals surface area contributed by atoms with Crippen LogP contribution in [0.5, 0.6) is 0 Å². The number of nitrogens with one attached hydrogen (secondary N) is 1. The van der Waals surface area contributed by atoms with Gasteiger partial charge in [0.1, 0.15) is 0 Å². The molecule has 3 nitrogen and oxygen atoms in total. The van der Waals surface area contributed by atoms with E-state index in [9.17, 15) is 0 Å². The molecule has 124 valence electrons. The Labute approximate surface area is 156 Å². The van der Waals surface area contributed by atoms with Gasteiger partial charge in [0.15, 0.2) is 5.96 Å². The second-order valence-corrected chi connectivity index (χ2v) is 8.07. The lowest BCUT2D eigenvalue weighted by molar-refractivity contribution is 0.375. The summed E-state index contributed by atoms with van der Waals surface area (Å²) < 4.78 is 0.306. The minimum Gasteiger partial charge on any atom is -0.356 e. The maximum absolute atomic E-state index is 4.47. The van der Waals surface area contributed by atoms with Crippen molar-refractivity contribution < 1.29 is 0 Å². The van der Waals surface area contributed by atoms with Gasteiger partial charge >= 0.3 is 0 Å². The molecule has 1 fully saturated rings. The molecule has 1 atom stereocenters. The van der Waals surface area contributed by atoms with Crippen molar-refractivity contribution in [1.82, 2.24) is 10.2 Å². The Morgan fingerprint density at radius 1 is 1.36 bits per heavy atom. The number of nitrogens with zero attached hydrogens (tertiary/aromatic N) is 2. The first-order chi connectivity index (χ1) is 10.0. The van der Waals surface area contributed by atoms with Crippen molar-refractivity contribution in [3.05, 3.63) is 35.9 Å². The summed E-state index contributed by atoms with van der Waals surface area (Å²) in [5.74, 6) is 2.68. The number of guanidine groups is 1. The van der Waals surface area contributed by atoms with Gasteiger partial charge in [-0.15, -0.1) is 24.0 Å². The molecular formula is C17H28IN3S. The smallest absolute Gasteiger partial charge is 0.193 e. The van der Waals surface area contributed by atoms with Crippen molar-refractivity contribution in [3.8, 4) is 0 Å². The Kier molecular flexibility index (Phi) is 8.03. The van der Waals surface area contributed by atoms with Crippen LogP contribution in [0.1, 0.15) is 32.3 Å². The zero-order chi connectivity index (χ0) is 15.3. The summed E-state index contributed by atoms with van der Waals surface area (Å²) >= 11 is 2.05. The fourth-order valence-electron chi connectivity index (χ4n) is 2.67. The minimum absolute atomic E-state index is 0. The third-order valence-corrected chi connectivity index (χ3v) is 5.17. The molecule has 0 saturated carbocycles. The molecule has 5 heteroatoms. The first-order valence-corrected chi connectivity index (χ1v) is 8.65. The van der Waals surface area contributed by atoms with Crippen LogP contribution in [0.3, 0.4) is 0 Å². The number of halogens is 1. The second-order valence-electron chi connectivity index (χ2n) is 6.27. The van der Waals surface area contributed by atoms with Gasteiger partial charge in [0, 0.05) is 37.2 Å². The first kappa shape index (κ1) is 19.6. The second kappa shape index (κ2) is 9.01. The van der Waals surface area contributed by atoms with Crippen LogP contribution < -0.4 is 5.32 Å². The van der Waals surface area contributed by atoms with Crippen molar-refractivity contribution in [2.45, 2.75) is 31.4 Å². The molecule has 2 rings (SSSR count). The van der Waals surface area contributed by atoms with E-state index in [4.69, 9.17) is 0 Å². The molecular weight excluding hydrogens is 405 g/mol. The molecule has 0 bridgehead atoms. The molecule has 1 aliphatic rings. The maximum atomic E-state index is 4.47. The Bertz CT molecular complexity index is 476. The third kappa shape index (κ3) is 5.65. The SMILES string of the molecule is CN=C(NCC(C)c1ccccc1)N1CCSC(C)(C)C1.I. The van der Waals surface area contributed by atoms with Gasteiger partial charge in [-0.05, 0) is 25.3 Å². The summed E-state index contributed by atoms with van der Waals surface area (Å²) in [5.41, 5.74) is 1.37. The summed E-state index contributed by atoms with van der Waals surface area (Å²) in [6.07, 6.45) is 0. The molecule has 1 aliphatic heterocycles. The van der Waals surface area contributed by atoms with E-state index in [0.29, 0.717) is 10.7 Å². The highest BCUT2D eigenvalue weighted by atomic mass is 127. The highest BCUT2D eigenvalue weighted by Crippen LogP contribution is 2.29. The van der Waals surface area contributed by atoms with Gasteiger partial charge in [0.05, 0.1) is 0 Å². The average molecular weight is 433 g/mol. The van der Waals surface area contributed by atoms with Gasteiger partial charge in [-0.2, -0.15) is 11.8 Å². The highest BCUT2D eigenvalue weighted by Gasteiger charge is 2.28. The first-order valence-electron chi connectivity index (χ1n) is 7.66. The maximum Gasteiger partial charge on any atom is 0.193 e. The van der Waals surface area contributed by atoms with E-state index in [0.717, 1.165) is 25.6 Å². The van der Waals surface area contributed by atoms with E-state index in [-0.39, 0.29) is 24.0 Å². The van der Waals surface area contributed by atoms with Gasteiger partial charge in [-0.3, -0.25) is 4.99 Å². The third-order valence-electron chi connectivity index (χ3n) is 3.87.